The van der Waals surface area contributed by atoms with E-state index in [0.29, 0.717) is 0 Å². The van der Waals surface area contributed by atoms with E-state index >= 15 is 0 Å². The number of hydrogen-bond acceptors (Lipinski definition) is 4. The van der Waals surface area contributed by atoms with Crippen LogP contribution in [0.15, 0.2) is 36.5 Å². The van der Waals surface area contributed by atoms with Gasteiger partial charge in [-0.2, -0.15) is 0 Å². The van der Waals surface area contributed by atoms with Crippen molar-refractivity contribution < 1.29 is 0 Å². The Hall–Kier alpha value is -1.23. The molecule has 0 spiro atoms. The van der Waals surface area contributed by atoms with Crippen molar-refractivity contribution in [2.45, 2.75) is 25.4 Å². The van der Waals surface area contributed by atoms with Gasteiger partial charge in [-0.3, -0.25) is 4.90 Å². The molecule has 100 valence electrons. The van der Waals surface area contributed by atoms with Crippen LogP contribution in [0.5, 0.6) is 0 Å². The van der Waals surface area contributed by atoms with Crippen LogP contribution in [-0.4, -0.2) is 23.0 Å². The van der Waals surface area contributed by atoms with Gasteiger partial charge in [0.15, 0.2) is 0 Å². The highest BCUT2D eigenvalue weighted by Crippen LogP contribution is 2.32. The molecule has 0 radical (unpaired) electrons. The quantitative estimate of drug-likeness (QED) is 0.934. The average molecular weight is 273 g/mol. The molecule has 0 saturated carbocycles. The van der Waals surface area contributed by atoms with Crippen molar-refractivity contribution in [1.29, 1.82) is 0 Å². The maximum atomic E-state index is 6.54. The first-order valence-corrected chi connectivity index (χ1v) is 7.45. The number of rotatable bonds is 3. The van der Waals surface area contributed by atoms with Gasteiger partial charge in [-0.25, -0.2) is 4.98 Å². The van der Waals surface area contributed by atoms with Crippen LogP contribution in [-0.2, 0) is 12.1 Å². The monoisotopic (exact) mass is 273 g/mol. The summed E-state index contributed by atoms with van der Waals surface area (Å²) in [5.41, 5.74) is 7.64. The summed E-state index contributed by atoms with van der Waals surface area (Å²) in [6.07, 6.45) is 2.92. The largest absolute Gasteiger partial charge is 0.318 e. The first kappa shape index (κ1) is 12.8. The van der Waals surface area contributed by atoms with Crippen molar-refractivity contribution in [2.75, 3.05) is 13.1 Å². The van der Waals surface area contributed by atoms with Crippen molar-refractivity contribution in [3.8, 4) is 0 Å². The molecular formula is C15H19N3S. The smallest absolute Gasteiger partial charge is 0.114 e. The number of aromatic nitrogens is 1. The van der Waals surface area contributed by atoms with Crippen molar-refractivity contribution in [1.82, 2.24) is 9.88 Å². The van der Waals surface area contributed by atoms with Gasteiger partial charge in [-0.1, -0.05) is 30.3 Å². The Morgan fingerprint density at radius 2 is 2.16 bits per heavy atom. The molecule has 1 saturated heterocycles. The summed E-state index contributed by atoms with van der Waals surface area (Å²) in [7, 11) is 0. The van der Waals surface area contributed by atoms with Gasteiger partial charge in [-0.05, 0) is 18.9 Å². The SMILES string of the molecule is Cc1cnc(C2(N)CCN(Cc3ccccc3)C2)s1. The van der Waals surface area contributed by atoms with Gasteiger partial charge in [0.25, 0.3) is 0 Å². The lowest BCUT2D eigenvalue weighted by Crippen LogP contribution is -2.39. The van der Waals surface area contributed by atoms with Crippen LogP contribution in [0.2, 0.25) is 0 Å². The predicted octanol–water partition coefficient (Wildman–Crippen LogP) is 2.51. The van der Waals surface area contributed by atoms with E-state index in [-0.39, 0.29) is 5.54 Å². The highest BCUT2D eigenvalue weighted by molar-refractivity contribution is 7.11. The van der Waals surface area contributed by atoms with Gasteiger partial charge in [0.2, 0.25) is 0 Å². The van der Waals surface area contributed by atoms with Gasteiger partial charge in [0.1, 0.15) is 5.01 Å². The molecule has 3 rings (SSSR count). The number of nitrogens with two attached hydrogens (primary N) is 1. The minimum Gasteiger partial charge on any atom is -0.318 e. The van der Waals surface area contributed by atoms with Crippen LogP contribution in [0.1, 0.15) is 21.9 Å². The molecule has 1 atom stereocenters. The Labute approximate surface area is 118 Å². The summed E-state index contributed by atoms with van der Waals surface area (Å²) in [5.74, 6) is 0. The maximum Gasteiger partial charge on any atom is 0.114 e. The van der Waals surface area contributed by atoms with Crippen LogP contribution in [0.3, 0.4) is 0 Å². The molecule has 2 N–H and O–H groups in total. The molecular weight excluding hydrogens is 254 g/mol. The molecule has 19 heavy (non-hydrogen) atoms. The van der Waals surface area contributed by atoms with E-state index in [9.17, 15) is 0 Å². The number of aryl methyl sites for hydroxylation is 1. The Bertz CT molecular complexity index is 552. The zero-order valence-corrected chi connectivity index (χ0v) is 12.0. The third-order valence-corrected chi connectivity index (χ3v) is 4.81. The second kappa shape index (κ2) is 5.04. The van der Waals surface area contributed by atoms with Gasteiger partial charge in [-0.15, -0.1) is 11.3 Å². The van der Waals surface area contributed by atoms with Crippen LogP contribution in [0.4, 0.5) is 0 Å². The Kier molecular flexibility index (Phi) is 3.39. The molecule has 1 aliphatic rings. The third kappa shape index (κ3) is 2.71. The van der Waals surface area contributed by atoms with E-state index in [1.165, 1.54) is 10.4 Å². The summed E-state index contributed by atoms with van der Waals surface area (Å²) < 4.78 is 0. The molecule has 1 aliphatic heterocycles. The third-order valence-electron chi connectivity index (χ3n) is 3.68. The van der Waals surface area contributed by atoms with Crippen molar-refractivity contribution >= 4 is 11.3 Å². The van der Waals surface area contributed by atoms with Gasteiger partial charge in [0.05, 0.1) is 5.54 Å². The fourth-order valence-corrected chi connectivity index (χ4v) is 3.54. The molecule has 3 nitrogen and oxygen atoms in total. The Morgan fingerprint density at radius 3 is 2.84 bits per heavy atom. The Balaban J connectivity index is 1.70. The number of likely N-dealkylation sites (tertiary alicyclic amines) is 1. The van der Waals surface area contributed by atoms with Crippen LogP contribution >= 0.6 is 11.3 Å². The first-order valence-electron chi connectivity index (χ1n) is 6.64. The standard InChI is InChI=1S/C15H19N3S/c1-12-9-17-14(19-12)15(16)7-8-18(11-15)10-13-5-3-2-4-6-13/h2-6,9H,7-8,10-11,16H2,1H3. The second-order valence-corrected chi connectivity index (χ2v) is 6.61. The summed E-state index contributed by atoms with van der Waals surface area (Å²) in [4.78, 5) is 8.14. The minimum absolute atomic E-state index is 0.256. The van der Waals surface area contributed by atoms with E-state index < -0.39 is 0 Å². The topological polar surface area (TPSA) is 42.1 Å². The first-order chi connectivity index (χ1) is 9.16. The molecule has 0 bridgehead atoms. The number of benzene rings is 1. The lowest BCUT2D eigenvalue weighted by molar-refractivity contribution is 0.304. The lowest BCUT2D eigenvalue weighted by atomic mass is 10.0. The summed E-state index contributed by atoms with van der Waals surface area (Å²) >= 11 is 1.73. The maximum absolute atomic E-state index is 6.54. The molecule has 1 fully saturated rings. The Morgan fingerprint density at radius 1 is 1.37 bits per heavy atom. The molecule has 2 heterocycles. The molecule has 1 aromatic carbocycles. The van der Waals surface area contributed by atoms with Crippen LogP contribution in [0.25, 0.3) is 0 Å². The van der Waals surface area contributed by atoms with E-state index in [1.54, 1.807) is 11.3 Å². The highest BCUT2D eigenvalue weighted by Gasteiger charge is 2.38. The van der Waals surface area contributed by atoms with Crippen molar-refractivity contribution in [3.63, 3.8) is 0 Å². The average Bonchev–Trinajstić information content (AvgIpc) is 2.99. The van der Waals surface area contributed by atoms with Gasteiger partial charge in [0, 0.05) is 30.7 Å². The van der Waals surface area contributed by atoms with E-state index in [0.717, 1.165) is 31.1 Å². The fourth-order valence-electron chi connectivity index (χ4n) is 2.65. The zero-order chi connectivity index (χ0) is 13.3. The second-order valence-electron chi connectivity index (χ2n) is 5.38. The van der Waals surface area contributed by atoms with Gasteiger partial charge < -0.3 is 5.73 Å². The van der Waals surface area contributed by atoms with E-state index in [1.807, 2.05) is 6.20 Å². The number of thiazole rings is 1. The minimum atomic E-state index is -0.256. The fraction of sp³-hybridized carbons (Fsp3) is 0.400. The number of nitrogens with zero attached hydrogens (tertiary/aromatic N) is 2. The molecule has 0 amide bonds. The lowest BCUT2D eigenvalue weighted by Gasteiger charge is -2.22. The van der Waals surface area contributed by atoms with Crippen LogP contribution in [0, 0.1) is 6.92 Å². The number of hydrogen-bond donors (Lipinski definition) is 1. The van der Waals surface area contributed by atoms with Gasteiger partial charge >= 0.3 is 0 Å². The molecule has 2 aromatic rings. The summed E-state index contributed by atoms with van der Waals surface area (Å²) in [5, 5.41) is 1.08. The highest BCUT2D eigenvalue weighted by atomic mass is 32.1. The predicted molar refractivity (Wildman–Crippen MR) is 79.1 cm³/mol. The zero-order valence-electron chi connectivity index (χ0n) is 11.2. The molecule has 0 aliphatic carbocycles. The molecule has 1 aromatic heterocycles. The van der Waals surface area contributed by atoms with E-state index in [2.05, 4.69) is 47.1 Å². The molecule has 4 heteroatoms. The van der Waals surface area contributed by atoms with Crippen molar-refractivity contribution in [3.05, 3.63) is 52.0 Å². The molecule has 1 unspecified atom stereocenters. The van der Waals surface area contributed by atoms with Crippen molar-refractivity contribution in [2.24, 2.45) is 5.73 Å². The van der Waals surface area contributed by atoms with E-state index in [4.69, 9.17) is 5.73 Å². The normalized spacial score (nSPS) is 23.9. The summed E-state index contributed by atoms with van der Waals surface area (Å²) in [6, 6.07) is 10.6. The van der Waals surface area contributed by atoms with Crippen LogP contribution < -0.4 is 5.73 Å². The summed E-state index contributed by atoms with van der Waals surface area (Å²) in [6.45, 7) is 5.00.